The molecule has 0 unspecified atom stereocenters. The molecule has 0 aromatic carbocycles. The van der Waals surface area contributed by atoms with Gasteiger partial charge in [-0.15, -0.1) is 0 Å². The molecule has 2 nitrogen and oxygen atoms in total. The van der Waals surface area contributed by atoms with Crippen LogP contribution in [0.5, 0.6) is 0 Å². The van der Waals surface area contributed by atoms with Crippen molar-refractivity contribution in [2.45, 2.75) is 75.6 Å². The number of carboxylic acid groups (broad SMARTS) is 1. The number of carboxylic acids is 1. The number of aliphatic carboxylic acids is 1. The number of carbonyl (C=O) groups is 1. The summed E-state index contributed by atoms with van der Waals surface area (Å²) in [6.45, 7) is 9.95. The number of hydrogen-bond donors (Lipinski definition) is 1. The Hall–Kier alpha value is 0.00870. The van der Waals surface area contributed by atoms with Crippen molar-refractivity contribution in [1.82, 2.24) is 0 Å². The molecule has 0 saturated carbocycles. The Morgan fingerprint density at radius 3 is 1.94 bits per heavy atom. The van der Waals surface area contributed by atoms with Crippen LogP contribution in [0.4, 0.5) is 0 Å². The minimum absolute atomic E-state index is 0.721. The molecule has 105 valence electrons. The fourth-order valence-electron chi connectivity index (χ4n) is 1.67. The number of unbranched alkanes of at least 4 members (excludes halogenated alkanes) is 4. The van der Waals surface area contributed by atoms with Crippen molar-refractivity contribution in [2.75, 3.05) is 0 Å². The fourth-order valence-corrected chi connectivity index (χ4v) is 2.18. The molecular formula is C15H29O2Sn. The second-order valence-electron chi connectivity index (χ2n) is 4.69. The van der Waals surface area contributed by atoms with E-state index in [1.54, 1.807) is 22.5 Å². The van der Waals surface area contributed by atoms with Crippen molar-refractivity contribution in [2.24, 2.45) is 0 Å². The summed E-state index contributed by atoms with van der Waals surface area (Å²) in [5.41, 5.74) is 0. The molecule has 0 saturated heterocycles. The van der Waals surface area contributed by atoms with E-state index >= 15 is 0 Å². The Balaban J connectivity index is 0. The maximum atomic E-state index is 9.25. The topological polar surface area (TPSA) is 37.3 Å². The monoisotopic (exact) mass is 361 g/mol. The summed E-state index contributed by atoms with van der Waals surface area (Å²) in [7, 11) is 0. The third-order valence-electron chi connectivity index (χ3n) is 3.29. The molecule has 0 aromatic heterocycles. The number of hydrogen-bond acceptors (Lipinski definition) is 1. The molecule has 0 bridgehead atoms. The van der Waals surface area contributed by atoms with Gasteiger partial charge in [-0.3, -0.25) is 0 Å². The molecule has 18 heavy (non-hydrogen) atoms. The predicted octanol–water partition coefficient (Wildman–Crippen LogP) is 4.75. The first kappa shape index (κ1) is 20.3. The van der Waals surface area contributed by atoms with Crippen molar-refractivity contribution >= 4 is 28.5 Å². The van der Waals surface area contributed by atoms with Crippen LogP contribution in [0, 0.1) is 0 Å². The van der Waals surface area contributed by atoms with E-state index in [-0.39, 0.29) is 0 Å². The van der Waals surface area contributed by atoms with E-state index in [0.29, 0.717) is 0 Å². The molecule has 3 radical (unpaired) electrons. The molecule has 0 heterocycles. The second kappa shape index (κ2) is 13.4. The van der Waals surface area contributed by atoms with Gasteiger partial charge in [-0.1, -0.05) is 6.58 Å². The van der Waals surface area contributed by atoms with Crippen molar-refractivity contribution in [1.29, 1.82) is 0 Å². The van der Waals surface area contributed by atoms with Crippen LogP contribution in [-0.2, 0) is 4.79 Å². The van der Waals surface area contributed by atoms with Crippen molar-refractivity contribution in [3.8, 4) is 0 Å². The van der Waals surface area contributed by atoms with E-state index in [9.17, 15) is 4.79 Å². The normalized spacial score (nSPS) is 10.4. The van der Waals surface area contributed by atoms with Crippen molar-refractivity contribution in [3.63, 3.8) is 0 Å². The average Bonchev–Trinajstić information content (AvgIpc) is 2.39. The van der Waals surface area contributed by atoms with Crippen LogP contribution in [-0.4, -0.2) is 33.6 Å². The first-order valence-corrected chi connectivity index (χ1v) is 8.48. The summed E-state index contributed by atoms with van der Waals surface area (Å²) in [6, 6.07) is 0. The zero-order chi connectivity index (χ0) is 14.4. The van der Waals surface area contributed by atoms with Gasteiger partial charge in [0.05, 0.1) is 0 Å². The molecule has 0 rings (SSSR count). The standard InChI is InChI=1S/C12H25.C3H4O2.Sn/c1-4-7-8-9-10-11-12(5-2)6-3;1-2-3(4)5;/h4-11H2,1-3H3;2H,1H2,(H,4,5);. The molecule has 3 heteroatoms. The third-order valence-corrected chi connectivity index (χ3v) is 6.02. The summed E-state index contributed by atoms with van der Waals surface area (Å²) in [5.74, 6) is -0.981. The van der Waals surface area contributed by atoms with Crippen LogP contribution in [0.1, 0.15) is 72.1 Å². The fraction of sp³-hybridized carbons (Fsp3) is 0.800. The second-order valence-corrected chi connectivity index (χ2v) is 7.72. The molecule has 0 aromatic rings. The Kier molecular flexibility index (Phi) is 15.2. The molecular weight excluding hydrogens is 331 g/mol. The summed E-state index contributed by atoms with van der Waals surface area (Å²) < 4.78 is 0.721. The summed E-state index contributed by atoms with van der Waals surface area (Å²) in [6.07, 6.45) is 12.3. The molecule has 0 amide bonds. The zero-order valence-electron chi connectivity index (χ0n) is 12.3. The molecule has 1 N–H and O–H groups in total. The van der Waals surface area contributed by atoms with E-state index in [1.165, 1.54) is 51.4 Å². The van der Waals surface area contributed by atoms with E-state index in [1.807, 2.05) is 0 Å². The average molecular weight is 360 g/mol. The van der Waals surface area contributed by atoms with Crippen LogP contribution < -0.4 is 0 Å². The van der Waals surface area contributed by atoms with Crippen LogP contribution in [0.25, 0.3) is 0 Å². The van der Waals surface area contributed by atoms with Gasteiger partial charge in [0.25, 0.3) is 0 Å². The van der Waals surface area contributed by atoms with Crippen LogP contribution in [0.3, 0.4) is 0 Å². The first-order chi connectivity index (χ1) is 8.45. The van der Waals surface area contributed by atoms with Crippen molar-refractivity contribution in [3.05, 3.63) is 12.7 Å². The van der Waals surface area contributed by atoms with Gasteiger partial charge >= 0.3 is 104 Å². The van der Waals surface area contributed by atoms with Gasteiger partial charge in [0, 0.05) is 6.08 Å². The van der Waals surface area contributed by atoms with E-state index in [4.69, 9.17) is 5.11 Å². The van der Waals surface area contributed by atoms with Gasteiger partial charge in [0.2, 0.25) is 0 Å². The Morgan fingerprint density at radius 2 is 1.61 bits per heavy atom. The SMILES string of the molecule is C=CC(=O)O.CCCCCCC[C]([Sn])(CC)CC. The molecule has 0 aliphatic carbocycles. The first-order valence-electron chi connectivity index (χ1n) is 7.06. The molecule has 0 atom stereocenters. The van der Waals surface area contributed by atoms with Crippen LogP contribution >= 0.6 is 0 Å². The van der Waals surface area contributed by atoms with Gasteiger partial charge in [0.15, 0.2) is 0 Å². The van der Waals surface area contributed by atoms with Gasteiger partial charge in [-0.2, -0.15) is 0 Å². The molecule has 0 aliphatic heterocycles. The van der Waals surface area contributed by atoms with E-state index in [0.717, 1.165) is 9.51 Å². The van der Waals surface area contributed by atoms with Crippen molar-refractivity contribution < 1.29 is 9.90 Å². The quantitative estimate of drug-likeness (QED) is 0.366. The van der Waals surface area contributed by atoms with Gasteiger partial charge in [-0.25, -0.2) is 4.79 Å². The summed E-state index contributed by atoms with van der Waals surface area (Å²) >= 11 is 1.76. The predicted molar refractivity (Wildman–Crippen MR) is 80.2 cm³/mol. The van der Waals surface area contributed by atoms with E-state index < -0.39 is 5.97 Å². The molecule has 0 fully saturated rings. The van der Waals surface area contributed by atoms with Gasteiger partial charge in [-0.05, 0) is 0 Å². The maximum absolute atomic E-state index is 9.25. The minimum atomic E-state index is -0.981. The zero-order valence-corrected chi connectivity index (χ0v) is 15.2. The van der Waals surface area contributed by atoms with Crippen LogP contribution in [0.15, 0.2) is 12.7 Å². The Morgan fingerprint density at radius 1 is 1.17 bits per heavy atom. The summed E-state index contributed by atoms with van der Waals surface area (Å²) in [4.78, 5) is 9.25. The van der Waals surface area contributed by atoms with E-state index in [2.05, 4.69) is 27.4 Å². The Bertz CT molecular complexity index is 211. The third kappa shape index (κ3) is 14.1. The van der Waals surface area contributed by atoms with Gasteiger partial charge < -0.3 is 5.11 Å². The van der Waals surface area contributed by atoms with Gasteiger partial charge in [0.1, 0.15) is 0 Å². The molecule has 0 spiro atoms. The Labute approximate surface area is 126 Å². The molecule has 0 aliphatic rings. The van der Waals surface area contributed by atoms with Crippen LogP contribution in [0.2, 0.25) is 3.43 Å². The summed E-state index contributed by atoms with van der Waals surface area (Å²) in [5, 5.41) is 7.60. The number of rotatable bonds is 9.